The minimum absolute atomic E-state index is 0.154. The van der Waals surface area contributed by atoms with Crippen LogP contribution in [0, 0.1) is 0 Å². The van der Waals surface area contributed by atoms with Gasteiger partial charge in [0.1, 0.15) is 5.82 Å². The molecule has 0 bridgehead atoms. The van der Waals surface area contributed by atoms with Crippen LogP contribution in [0.5, 0.6) is 0 Å². The summed E-state index contributed by atoms with van der Waals surface area (Å²) in [4.78, 5) is 32.8. The number of fused-ring (bicyclic) bond motifs is 3. The van der Waals surface area contributed by atoms with Gasteiger partial charge in [-0.1, -0.05) is 6.07 Å². The molecule has 4 rings (SSSR count). The zero-order chi connectivity index (χ0) is 17.4. The lowest BCUT2D eigenvalue weighted by molar-refractivity contribution is 0.192. The summed E-state index contributed by atoms with van der Waals surface area (Å²) in [6, 6.07) is 4.08. The van der Waals surface area contributed by atoms with Gasteiger partial charge in [-0.3, -0.25) is 4.57 Å². The van der Waals surface area contributed by atoms with Crippen molar-refractivity contribution in [2.45, 2.75) is 32.0 Å². The van der Waals surface area contributed by atoms with E-state index in [4.69, 9.17) is 0 Å². The molecule has 2 aliphatic heterocycles. The number of urea groups is 1. The van der Waals surface area contributed by atoms with Gasteiger partial charge in [-0.25, -0.2) is 19.7 Å². The Hall–Kier alpha value is -2.84. The smallest absolute Gasteiger partial charge is 0.343 e. The van der Waals surface area contributed by atoms with Gasteiger partial charge in [0.25, 0.3) is 0 Å². The number of H-pyrrole nitrogens is 1. The number of hydrogen-bond donors (Lipinski definition) is 2. The second kappa shape index (κ2) is 6.23. The number of nitrogens with zero attached hydrogens (tertiary/aromatic N) is 5. The summed E-state index contributed by atoms with van der Waals surface area (Å²) in [6.45, 7) is 2.39. The summed E-state index contributed by atoms with van der Waals surface area (Å²) < 4.78 is 1.39. The first-order valence-electron chi connectivity index (χ1n) is 8.47. The van der Waals surface area contributed by atoms with E-state index in [1.165, 1.54) is 4.57 Å². The zero-order valence-electron chi connectivity index (χ0n) is 14.1. The predicted molar refractivity (Wildman–Crippen MR) is 91.1 cm³/mol. The minimum atomic E-state index is -0.291. The van der Waals surface area contributed by atoms with E-state index in [1.807, 2.05) is 23.2 Å². The van der Waals surface area contributed by atoms with Crippen molar-refractivity contribution in [3.8, 4) is 0 Å². The van der Waals surface area contributed by atoms with Gasteiger partial charge in [0, 0.05) is 37.9 Å². The molecule has 4 heterocycles. The number of pyridine rings is 1. The molecule has 0 aliphatic carbocycles. The fraction of sp³-hybridized carbons (Fsp3) is 0.500. The molecule has 2 aromatic heterocycles. The molecule has 0 aromatic carbocycles. The quantitative estimate of drug-likeness (QED) is 0.811. The van der Waals surface area contributed by atoms with Crippen molar-refractivity contribution in [1.82, 2.24) is 30.0 Å². The molecule has 9 heteroatoms. The molecule has 2 aliphatic rings. The highest BCUT2D eigenvalue weighted by Gasteiger charge is 2.33. The van der Waals surface area contributed by atoms with Gasteiger partial charge in [-0.2, -0.15) is 5.10 Å². The Labute approximate surface area is 144 Å². The number of aromatic nitrogens is 4. The number of amides is 2. The number of rotatable bonds is 2. The molecule has 2 amide bonds. The lowest BCUT2D eigenvalue weighted by Crippen LogP contribution is -2.44. The average molecular weight is 343 g/mol. The Morgan fingerprint density at radius 3 is 3.16 bits per heavy atom. The monoisotopic (exact) mass is 343 g/mol. The van der Waals surface area contributed by atoms with E-state index in [1.54, 1.807) is 7.05 Å². The maximum atomic E-state index is 12.7. The lowest BCUT2D eigenvalue weighted by atomic mass is 10.2. The Bertz CT molecular complexity index is 843. The van der Waals surface area contributed by atoms with Crippen LogP contribution in [0.2, 0.25) is 0 Å². The topological polar surface area (TPSA) is 99.2 Å². The molecular weight excluding hydrogens is 322 g/mol. The highest BCUT2D eigenvalue weighted by Crippen LogP contribution is 2.31. The second-order valence-electron chi connectivity index (χ2n) is 6.52. The molecule has 1 saturated heterocycles. The zero-order valence-corrected chi connectivity index (χ0v) is 14.1. The molecule has 2 aromatic rings. The van der Waals surface area contributed by atoms with Gasteiger partial charge in [-0.15, -0.1) is 0 Å². The fourth-order valence-corrected chi connectivity index (χ4v) is 3.60. The number of carbonyl (C=O) groups is 1. The van der Waals surface area contributed by atoms with Crippen LogP contribution in [-0.4, -0.2) is 49.8 Å². The molecule has 132 valence electrons. The normalized spacial score (nSPS) is 19.3. The molecule has 0 radical (unpaired) electrons. The van der Waals surface area contributed by atoms with E-state index >= 15 is 0 Å². The molecule has 25 heavy (non-hydrogen) atoms. The molecule has 0 spiro atoms. The van der Waals surface area contributed by atoms with Crippen LogP contribution >= 0.6 is 0 Å². The molecule has 0 saturated carbocycles. The summed E-state index contributed by atoms with van der Waals surface area (Å²) in [5.74, 6) is 1.49. The number of anilines is 1. The van der Waals surface area contributed by atoms with E-state index in [9.17, 15) is 9.59 Å². The Morgan fingerprint density at radius 1 is 1.48 bits per heavy atom. The highest BCUT2D eigenvalue weighted by atomic mass is 16.2. The first-order valence-corrected chi connectivity index (χ1v) is 8.47. The Morgan fingerprint density at radius 2 is 2.36 bits per heavy atom. The van der Waals surface area contributed by atoms with Crippen LogP contribution in [-0.2, 0) is 20.1 Å². The number of aromatic amines is 1. The van der Waals surface area contributed by atoms with Crippen molar-refractivity contribution in [1.29, 1.82) is 0 Å². The first-order chi connectivity index (χ1) is 12.1. The molecule has 1 atom stereocenters. The third kappa shape index (κ3) is 2.86. The Balaban J connectivity index is 1.51. The van der Waals surface area contributed by atoms with Crippen LogP contribution < -0.4 is 15.9 Å². The van der Waals surface area contributed by atoms with Crippen LogP contribution in [0.1, 0.15) is 24.2 Å². The van der Waals surface area contributed by atoms with Crippen molar-refractivity contribution in [3.63, 3.8) is 0 Å². The summed E-state index contributed by atoms with van der Waals surface area (Å²) in [5.41, 5.74) is 0.773. The lowest BCUT2D eigenvalue weighted by Gasteiger charge is -2.26. The molecule has 9 nitrogen and oxygen atoms in total. The second-order valence-corrected chi connectivity index (χ2v) is 6.52. The molecular formula is C16H21N7O2. The number of hydrogen-bond acceptors (Lipinski definition) is 5. The van der Waals surface area contributed by atoms with E-state index in [2.05, 4.69) is 25.4 Å². The molecule has 1 fully saturated rings. The van der Waals surface area contributed by atoms with Crippen LogP contribution in [0.4, 0.5) is 10.6 Å². The maximum absolute atomic E-state index is 12.7. The van der Waals surface area contributed by atoms with Crippen molar-refractivity contribution in [3.05, 3.63) is 40.2 Å². The summed E-state index contributed by atoms with van der Waals surface area (Å²) in [5, 5.41) is 9.15. The van der Waals surface area contributed by atoms with E-state index in [-0.39, 0.29) is 18.3 Å². The Kier molecular flexibility index (Phi) is 3.90. The van der Waals surface area contributed by atoms with Crippen LogP contribution in [0.3, 0.4) is 0 Å². The molecule has 2 N–H and O–H groups in total. The molecule has 0 unspecified atom stereocenters. The van der Waals surface area contributed by atoms with Gasteiger partial charge in [0.15, 0.2) is 5.82 Å². The van der Waals surface area contributed by atoms with Crippen molar-refractivity contribution in [2.24, 2.45) is 7.05 Å². The predicted octanol–water partition coefficient (Wildman–Crippen LogP) is 0.198. The van der Waals surface area contributed by atoms with Gasteiger partial charge >= 0.3 is 11.7 Å². The summed E-state index contributed by atoms with van der Waals surface area (Å²) in [7, 11) is 1.62. The van der Waals surface area contributed by atoms with Crippen molar-refractivity contribution < 1.29 is 4.79 Å². The van der Waals surface area contributed by atoms with Gasteiger partial charge in [0.2, 0.25) is 0 Å². The third-order valence-corrected chi connectivity index (χ3v) is 4.97. The maximum Gasteiger partial charge on any atom is 0.343 e. The van der Waals surface area contributed by atoms with Gasteiger partial charge in [-0.05, 0) is 18.9 Å². The van der Waals surface area contributed by atoms with E-state index < -0.39 is 0 Å². The largest absolute Gasteiger partial charge is 0.352 e. The third-order valence-electron chi connectivity index (χ3n) is 4.97. The average Bonchev–Trinajstić information content (AvgIpc) is 3.16. The minimum Gasteiger partial charge on any atom is -0.352 e. The fourth-order valence-electron chi connectivity index (χ4n) is 3.60. The number of nitrogens with one attached hydrogen (secondary N) is 2. The van der Waals surface area contributed by atoms with Crippen LogP contribution in [0.15, 0.2) is 23.1 Å². The summed E-state index contributed by atoms with van der Waals surface area (Å²) >= 11 is 0. The SMILES string of the molecule is Cn1c(CNC(=O)N2Cc3cccnc3N3CCC[C@@H]3C2)n[nH]c1=O. The highest BCUT2D eigenvalue weighted by molar-refractivity contribution is 5.75. The standard InChI is InChI=1S/C16H21N7O2/c1-21-13(19-20-16(21)25)8-18-15(24)22-9-11-4-2-6-17-14(11)23-7-3-5-12(23)10-22/h2,4,6,12H,3,5,7-10H2,1H3,(H,18,24)(H,20,25)/t12-/m1/s1. The van der Waals surface area contributed by atoms with Gasteiger partial charge in [0.05, 0.1) is 13.1 Å². The van der Waals surface area contributed by atoms with Gasteiger partial charge < -0.3 is 15.1 Å². The van der Waals surface area contributed by atoms with E-state index in [0.717, 1.165) is 30.8 Å². The van der Waals surface area contributed by atoms with E-state index in [0.29, 0.717) is 25.0 Å². The first kappa shape index (κ1) is 15.7. The van der Waals surface area contributed by atoms with Crippen molar-refractivity contribution >= 4 is 11.8 Å². The van der Waals surface area contributed by atoms with Crippen LogP contribution in [0.25, 0.3) is 0 Å². The van der Waals surface area contributed by atoms with Crippen molar-refractivity contribution in [2.75, 3.05) is 18.0 Å². The number of carbonyl (C=O) groups excluding carboxylic acids is 1. The summed E-state index contributed by atoms with van der Waals surface area (Å²) in [6.07, 6.45) is 3.99.